The maximum atomic E-state index is 12.5. The number of furan rings is 1. The van der Waals surface area contributed by atoms with Crippen molar-refractivity contribution in [1.82, 2.24) is 15.5 Å². The van der Waals surface area contributed by atoms with E-state index < -0.39 is 6.04 Å². The van der Waals surface area contributed by atoms with Crippen molar-refractivity contribution in [2.45, 2.75) is 32.4 Å². The van der Waals surface area contributed by atoms with Crippen molar-refractivity contribution < 1.29 is 18.8 Å². The Morgan fingerprint density at radius 3 is 2.50 bits per heavy atom. The summed E-state index contributed by atoms with van der Waals surface area (Å²) in [5, 5.41) is 5.62. The molecule has 148 valence electrons. The topological polar surface area (TPSA) is 91.7 Å². The van der Waals surface area contributed by atoms with Crippen LogP contribution < -0.4 is 10.6 Å². The molecule has 7 heteroatoms. The quantitative estimate of drug-likeness (QED) is 0.798. The molecule has 3 rings (SSSR count). The number of nitrogens with one attached hydrogen (secondary N) is 2. The van der Waals surface area contributed by atoms with Crippen LogP contribution in [-0.4, -0.2) is 41.8 Å². The SMILES string of the molecule is CC(NC(=O)C1CCN(C(=O)c2ccoc2)CC1)C(=O)NCc1ccccc1. The smallest absolute Gasteiger partial charge is 0.257 e. The number of carbonyl (C=O) groups excluding carboxylic acids is 3. The number of hydrogen-bond acceptors (Lipinski definition) is 4. The number of hydrogen-bond donors (Lipinski definition) is 2. The number of likely N-dealkylation sites (tertiary alicyclic amines) is 1. The lowest BCUT2D eigenvalue weighted by Gasteiger charge is -2.31. The van der Waals surface area contributed by atoms with Gasteiger partial charge in [-0.3, -0.25) is 14.4 Å². The Morgan fingerprint density at radius 2 is 1.86 bits per heavy atom. The van der Waals surface area contributed by atoms with Gasteiger partial charge >= 0.3 is 0 Å². The third-order valence-corrected chi connectivity index (χ3v) is 4.98. The molecule has 0 bridgehead atoms. The van der Waals surface area contributed by atoms with Crippen molar-refractivity contribution in [2.75, 3.05) is 13.1 Å². The summed E-state index contributed by atoms with van der Waals surface area (Å²) < 4.78 is 4.95. The third-order valence-electron chi connectivity index (χ3n) is 4.98. The van der Waals surface area contributed by atoms with Crippen LogP contribution in [0, 0.1) is 5.92 Å². The van der Waals surface area contributed by atoms with E-state index in [-0.39, 0.29) is 23.6 Å². The molecule has 0 aliphatic carbocycles. The molecule has 1 unspecified atom stereocenters. The summed E-state index contributed by atoms with van der Waals surface area (Å²) in [4.78, 5) is 38.7. The highest BCUT2D eigenvalue weighted by atomic mass is 16.3. The molecular formula is C21H25N3O4. The molecule has 3 amide bonds. The van der Waals surface area contributed by atoms with Crippen LogP contribution in [-0.2, 0) is 16.1 Å². The Labute approximate surface area is 164 Å². The van der Waals surface area contributed by atoms with Gasteiger partial charge in [-0.2, -0.15) is 0 Å². The van der Waals surface area contributed by atoms with Crippen molar-refractivity contribution >= 4 is 17.7 Å². The zero-order valence-electron chi connectivity index (χ0n) is 15.9. The molecule has 1 saturated heterocycles. The Morgan fingerprint density at radius 1 is 1.14 bits per heavy atom. The predicted molar refractivity (Wildman–Crippen MR) is 103 cm³/mol. The van der Waals surface area contributed by atoms with E-state index in [2.05, 4.69) is 10.6 Å². The molecule has 2 aromatic rings. The molecule has 1 aromatic carbocycles. The van der Waals surface area contributed by atoms with Crippen LogP contribution in [0.1, 0.15) is 35.7 Å². The second kappa shape index (κ2) is 9.21. The number of benzene rings is 1. The van der Waals surface area contributed by atoms with Crippen LogP contribution in [0.15, 0.2) is 53.3 Å². The summed E-state index contributed by atoms with van der Waals surface area (Å²) in [6, 6.07) is 10.6. The molecule has 1 fully saturated rings. The van der Waals surface area contributed by atoms with E-state index in [4.69, 9.17) is 4.42 Å². The summed E-state index contributed by atoms with van der Waals surface area (Å²) in [6.45, 7) is 3.12. The maximum Gasteiger partial charge on any atom is 0.257 e. The van der Waals surface area contributed by atoms with Crippen LogP contribution in [0.4, 0.5) is 0 Å². The minimum Gasteiger partial charge on any atom is -0.472 e. The first-order valence-corrected chi connectivity index (χ1v) is 9.48. The first kappa shape index (κ1) is 19.7. The van der Waals surface area contributed by atoms with Gasteiger partial charge in [0, 0.05) is 25.6 Å². The first-order valence-electron chi connectivity index (χ1n) is 9.48. The minimum atomic E-state index is -0.609. The highest BCUT2D eigenvalue weighted by Gasteiger charge is 2.29. The van der Waals surface area contributed by atoms with Crippen LogP contribution in [0.3, 0.4) is 0 Å². The molecule has 0 spiro atoms. The molecule has 28 heavy (non-hydrogen) atoms. The Bertz CT molecular complexity index is 796. The summed E-state index contributed by atoms with van der Waals surface area (Å²) >= 11 is 0. The lowest BCUT2D eigenvalue weighted by Crippen LogP contribution is -2.49. The van der Waals surface area contributed by atoms with Gasteiger partial charge < -0.3 is 20.0 Å². The zero-order chi connectivity index (χ0) is 19.9. The van der Waals surface area contributed by atoms with E-state index in [0.29, 0.717) is 38.0 Å². The lowest BCUT2D eigenvalue weighted by molar-refractivity contribution is -0.131. The van der Waals surface area contributed by atoms with Gasteiger partial charge in [-0.1, -0.05) is 30.3 Å². The fraction of sp³-hybridized carbons (Fsp3) is 0.381. The molecular weight excluding hydrogens is 358 g/mol. The fourth-order valence-electron chi connectivity index (χ4n) is 3.25. The van der Waals surface area contributed by atoms with Crippen LogP contribution in [0.2, 0.25) is 0 Å². The molecule has 0 saturated carbocycles. The van der Waals surface area contributed by atoms with Crippen molar-refractivity contribution in [3.63, 3.8) is 0 Å². The van der Waals surface area contributed by atoms with Crippen LogP contribution in [0.25, 0.3) is 0 Å². The summed E-state index contributed by atoms with van der Waals surface area (Å²) in [5.74, 6) is -0.637. The number of nitrogens with zero attached hydrogens (tertiary/aromatic N) is 1. The first-order chi connectivity index (χ1) is 13.5. The van der Waals surface area contributed by atoms with E-state index in [0.717, 1.165) is 5.56 Å². The minimum absolute atomic E-state index is 0.0822. The fourth-order valence-corrected chi connectivity index (χ4v) is 3.25. The van der Waals surface area contributed by atoms with Gasteiger partial charge in [-0.15, -0.1) is 0 Å². The summed E-state index contributed by atoms with van der Waals surface area (Å²) in [6.07, 6.45) is 4.05. The van der Waals surface area contributed by atoms with E-state index >= 15 is 0 Å². The van der Waals surface area contributed by atoms with Gasteiger partial charge in [0.1, 0.15) is 12.3 Å². The van der Waals surface area contributed by atoms with Crippen molar-refractivity contribution in [2.24, 2.45) is 5.92 Å². The van der Waals surface area contributed by atoms with Gasteiger partial charge in [-0.25, -0.2) is 0 Å². The number of piperidine rings is 1. The molecule has 1 aromatic heterocycles. The van der Waals surface area contributed by atoms with Crippen molar-refractivity contribution in [3.05, 3.63) is 60.1 Å². The van der Waals surface area contributed by atoms with Crippen LogP contribution in [0.5, 0.6) is 0 Å². The average Bonchev–Trinajstić information content (AvgIpc) is 3.27. The molecule has 1 atom stereocenters. The number of carbonyl (C=O) groups is 3. The average molecular weight is 383 g/mol. The van der Waals surface area contributed by atoms with Gasteiger partial charge in [0.05, 0.1) is 11.8 Å². The second-order valence-corrected chi connectivity index (χ2v) is 7.01. The maximum absolute atomic E-state index is 12.5. The summed E-state index contributed by atoms with van der Waals surface area (Å²) in [5.41, 5.74) is 1.52. The third kappa shape index (κ3) is 5.00. The largest absolute Gasteiger partial charge is 0.472 e. The standard InChI is InChI=1S/C21H25N3O4/c1-15(19(25)22-13-16-5-3-2-4-6-16)23-20(26)17-7-10-24(11-8-17)21(27)18-9-12-28-14-18/h2-6,9,12,14-15,17H,7-8,10-11,13H2,1H3,(H,22,25)(H,23,26). The molecule has 0 radical (unpaired) electrons. The Hall–Kier alpha value is -3.09. The van der Waals surface area contributed by atoms with Gasteiger partial charge in [-0.05, 0) is 31.4 Å². The van der Waals surface area contributed by atoms with E-state index in [1.165, 1.54) is 12.5 Å². The highest BCUT2D eigenvalue weighted by Crippen LogP contribution is 2.19. The van der Waals surface area contributed by atoms with Gasteiger partial charge in [0.2, 0.25) is 11.8 Å². The molecule has 7 nitrogen and oxygen atoms in total. The molecule has 1 aliphatic rings. The molecule has 2 heterocycles. The van der Waals surface area contributed by atoms with Gasteiger partial charge in [0.25, 0.3) is 5.91 Å². The van der Waals surface area contributed by atoms with Gasteiger partial charge in [0.15, 0.2) is 0 Å². The lowest BCUT2D eigenvalue weighted by atomic mass is 9.95. The second-order valence-electron chi connectivity index (χ2n) is 7.01. The zero-order valence-corrected chi connectivity index (χ0v) is 15.9. The van der Waals surface area contributed by atoms with E-state index in [1.54, 1.807) is 17.9 Å². The van der Waals surface area contributed by atoms with Crippen molar-refractivity contribution in [1.29, 1.82) is 0 Å². The highest BCUT2D eigenvalue weighted by molar-refractivity contribution is 5.94. The number of amides is 3. The summed E-state index contributed by atoms with van der Waals surface area (Å²) in [7, 11) is 0. The number of rotatable bonds is 6. The van der Waals surface area contributed by atoms with Crippen molar-refractivity contribution in [3.8, 4) is 0 Å². The van der Waals surface area contributed by atoms with E-state index in [1.807, 2.05) is 30.3 Å². The normalized spacial score (nSPS) is 15.7. The monoisotopic (exact) mass is 383 g/mol. The molecule has 2 N–H and O–H groups in total. The van der Waals surface area contributed by atoms with Crippen LogP contribution >= 0.6 is 0 Å². The predicted octanol–water partition coefficient (Wildman–Crippen LogP) is 1.95. The van der Waals surface area contributed by atoms with E-state index in [9.17, 15) is 14.4 Å². The Kier molecular flexibility index (Phi) is 6.47. The Balaban J connectivity index is 1.42. The molecule has 1 aliphatic heterocycles.